The lowest BCUT2D eigenvalue weighted by Crippen LogP contribution is -2.49. The molecule has 1 N–H and O–H groups in total. The van der Waals surface area contributed by atoms with Crippen molar-refractivity contribution in [2.24, 2.45) is 0 Å². The van der Waals surface area contributed by atoms with Crippen LogP contribution in [-0.2, 0) is 0 Å². The van der Waals surface area contributed by atoms with Crippen molar-refractivity contribution in [1.82, 2.24) is 25.1 Å². The van der Waals surface area contributed by atoms with Crippen molar-refractivity contribution in [2.75, 3.05) is 26.2 Å². The maximum absolute atomic E-state index is 12.4. The van der Waals surface area contributed by atoms with E-state index in [2.05, 4.69) is 15.3 Å². The SMILES string of the molecule is CC(C)(C)NC(=O)N1CCCN(C(=O)c2cnccn2)CC1. The molecular formula is C15H23N5O2. The van der Waals surface area contributed by atoms with E-state index in [4.69, 9.17) is 0 Å². The molecule has 7 heteroatoms. The Balaban J connectivity index is 1.95. The van der Waals surface area contributed by atoms with Gasteiger partial charge in [0.15, 0.2) is 0 Å². The van der Waals surface area contributed by atoms with Gasteiger partial charge in [-0.25, -0.2) is 9.78 Å². The molecule has 0 aromatic carbocycles. The molecule has 0 saturated carbocycles. The van der Waals surface area contributed by atoms with Gasteiger partial charge >= 0.3 is 6.03 Å². The van der Waals surface area contributed by atoms with E-state index in [1.165, 1.54) is 18.6 Å². The van der Waals surface area contributed by atoms with E-state index in [9.17, 15) is 9.59 Å². The van der Waals surface area contributed by atoms with Crippen molar-refractivity contribution < 1.29 is 9.59 Å². The topological polar surface area (TPSA) is 78.4 Å². The normalized spacial score (nSPS) is 16.1. The Hall–Kier alpha value is -2.18. The summed E-state index contributed by atoms with van der Waals surface area (Å²) in [6, 6.07) is -0.0821. The van der Waals surface area contributed by atoms with Gasteiger partial charge in [-0.3, -0.25) is 9.78 Å². The number of nitrogens with one attached hydrogen (secondary N) is 1. The lowest BCUT2D eigenvalue weighted by Gasteiger charge is -2.27. The Morgan fingerprint density at radius 2 is 1.77 bits per heavy atom. The third-order valence-corrected chi connectivity index (χ3v) is 3.33. The van der Waals surface area contributed by atoms with Crippen molar-refractivity contribution >= 4 is 11.9 Å². The molecule has 2 rings (SSSR count). The van der Waals surface area contributed by atoms with E-state index >= 15 is 0 Å². The van der Waals surface area contributed by atoms with Crippen LogP contribution in [0.3, 0.4) is 0 Å². The first-order valence-corrected chi connectivity index (χ1v) is 7.49. The van der Waals surface area contributed by atoms with Crippen molar-refractivity contribution in [2.45, 2.75) is 32.7 Å². The second-order valence-electron chi connectivity index (χ2n) is 6.40. The average Bonchev–Trinajstić information content (AvgIpc) is 2.71. The van der Waals surface area contributed by atoms with Gasteiger partial charge in [0.05, 0.1) is 6.20 Å². The van der Waals surface area contributed by atoms with Gasteiger partial charge in [-0.1, -0.05) is 0 Å². The van der Waals surface area contributed by atoms with Crippen LogP contribution >= 0.6 is 0 Å². The average molecular weight is 305 g/mol. The van der Waals surface area contributed by atoms with Gasteiger partial charge in [0.25, 0.3) is 5.91 Å². The van der Waals surface area contributed by atoms with Crippen LogP contribution in [0.4, 0.5) is 4.79 Å². The molecule has 0 spiro atoms. The molecule has 1 aromatic rings. The van der Waals surface area contributed by atoms with Crippen LogP contribution in [0, 0.1) is 0 Å². The molecule has 1 aliphatic heterocycles. The summed E-state index contributed by atoms with van der Waals surface area (Å²) in [7, 11) is 0. The molecule has 0 bridgehead atoms. The minimum Gasteiger partial charge on any atom is -0.335 e. The third kappa shape index (κ3) is 4.41. The Labute approximate surface area is 130 Å². The molecule has 1 fully saturated rings. The summed E-state index contributed by atoms with van der Waals surface area (Å²) in [4.78, 5) is 36.0. The molecule has 22 heavy (non-hydrogen) atoms. The number of nitrogens with zero attached hydrogens (tertiary/aromatic N) is 4. The second kappa shape index (κ2) is 6.72. The van der Waals surface area contributed by atoms with Crippen LogP contribution < -0.4 is 5.32 Å². The molecule has 3 amide bonds. The zero-order valence-corrected chi connectivity index (χ0v) is 13.4. The highest BCUT2D eigenvalue weighted by Gasteiger charge is 2.25. The first-order valence-electron chi connectivity index (χ1n) is 7.49. The Morgan fingerprint density at radius 1 is 1.09 bits per heavy atom. The fourth-order valence-electron chi connectivity index (χ4n) is 2.30. The Bertz CT molecular complexity index is 526. The predicted octanol–water partition coefficient (Wildman–Crippen LogP) is 1.13. The maximum Gasteiger partial charge on any atom is 0.317 e. The fourth-order valence-corrected chi connectivity index (χ4v) is 2.30. The highest BCUT2D eigenvalue weighted by molar-refractivity contribution is 5.92. The number of amides is 3. The van der Waals surface area contributed by atoms with E-state index in [0.717, 1.165) is 6.42 Å². The summed E-state index contributed by atoms with van der Waals surface area (Å²) in [6.45, 7) is 8.15. The van der Waals surface area contributed by atoms with Gasteiger partial charge in [0.2, 0.25) is 0 Å². The van der Waals surface area contributed by atoms with Gasteiger partial charge in [-0.05, 0) is 27.2 Å². The highest BCUT2D eigenvalue weighted by atomic mass is 16.2. The van der Waals surface area contributed by atoms with Crippen LogP contribution in [0.5, 0.6) is 0 Å². The zero-order valence-electron chi connectivity index (χ0n) is 13.4. The quantitative estimate of drug-likeness (QED) is 0.843. The summed E-state index contributed by atoms with van der Waals surface area (Å²) in [5.41, 5.74) is 0.0773. The van der Waals surface area contributed by atoms with Crippen molar-refractivity contribution in [3.63, 3.8) is 0 Å². The molecule has 1 aliphatic rings. The van der Waals surface area contributed by atoms with E-state index in [-0.39, 0.29) is 17.5 Å². The molecule has 0 atom stereocenters. The molecule has 120 valence electrons. The third-order valence-electron chi connectivity index (χ3n) is 3.33. The molecule has 0 aliphatic carbocycles. The lowest BCUT2D eigenvalue weighted by molar-refractivity contribution is 0.0755. The fraction of sp³-hybridized carbons (Fsp3) is 0.600. The summed E-state index contributed by atoms with van der Waals surface area (Å²) < 4.78 is 0. The summed E-state index contributed by atoms with van der Waals surface area (Å²) in [5, 5.41) is 2.95. The number of carbonyl (C=O) groups is 2. The van der Waals surface area contributed by atoms with Gasteiger partial charge in [0, 0.05) is 44.1 Å². The Kier molecular flexibility index (Phi) is 4.95. The summed E-state index contributed by atoms with van der Waals surface area (Å²) in [5.74, 6) is -0.133. The van der Waals surface area contributed by atoms with E-state index < -0.39 is 0 Å². The summed E-state index contributed by atoms with van der Waals surface area (Å²) in [6.07, 6.45) is 5.27. The second-order valence-corrected chi connectivity index (χ2v) is 6.40. The van der Waals surface area contributed by atoms with Crippen molar-refractivity contribution in [3.8, 4) is 0 Å². The van der Waals surface area contributed by atoms with Crippen LogP contribution in [-0.4, -0.2) is 63.4 Å². The highest BCUT2D eigenvalue weighted by Crippen LogP contribution is 2.09. The number of aromatic nitrogens is 2. The van der Waals surface area contributed by atoms with Crippen molar-refractivity contribution in [3.05, 3.63) is 24.3 Å². The van der Waals surface area contributed by atoms with E-state index in [0.29, 0.717) is 31.9 Å². The number of rotatable bonds is 1. The Morgan fingerprint density at radius 3 is 2.41 bits per heavy atom. The molecule has 0 unspecified atom stereocenters. The smallest absolute Gasteiger partial charge is 0.317 e. The number of hydrogen-bond acceptors (Lipinski definition) is 4. The lowest BCUT2D eigenvalue weighted by atomic mass is 10.1. The largest absolute Gasteiger partial charge is 0.335 e. The number of urea groups is 1. The van der Waals surface area contributed by atoms with Crippen LogP contribution in [0.25, 0.3) is 0 Å². The molecule has 1 aromatic heterocycles. The zero-order chi connectivity index (χ0) is 16.2. The first kappa shape index (κ1) is 16.2. The number of hydrogen-bond donors (Lipinski definition) is 1. The van der Waals surface area contributed by atoms with E-state index in [1.54, 1.807) is 9.80 Å². The molecule has 7 nitrogen and oxygen atoms in total. The van der Waals surface area contributed by atoms with Gasteiger partial charge in [0.1, 0.15) is 5.69 Å². The van der Waals surface area contributed by atoms with Crippen LogP contribution in [0.2, 0.25) is 0 Å². The van der Waals surface area contributed by atoms with Crippen LogP contribution in [0.1, 0.15) is 37.7 Å². The number of carbonyl (C=O) groups excluding carboxylic acids is 2. The molecule has 1 saturated heterocycles. The first-order chi connectivity index (χ1) is 10.4. The molecule has 0 radical (unpaired) electrons. The maximum atomic E-state index is 12.4. The monoisotopic (exact) mass is 305 g/mol. The van der Waals surface area contributed by atoms with Gasteiger partial charge < -0.3 is 15.1 Å². The molecule has 2 heterocycles. The standard InChI is InChI=1S/C15H23N5O2/c1-15(2,3)18-14(22)20-8-4-7-19(9-10-20)13(21)12-11-16-5-6-17-12/h5-6,11H,4,7-10H2,1-3H3,(H,18,22). The van der Waals surface area contributed by atoms with Gasteiger partial charge in [-0.2, -0.15) is 0 Å². The predicted molar refractivity (Wildman–Crippen MR) is 82.4 cm³/mol. The van der Waals surface area contributed by atoms with Crippen molar-refractivity contribution in [1.29, 1.82) is 0 Å². The minimum absolute atomic E-state index is 0.0821. The minimum atomic E-state index is -0.265. The van der Waals surface area contributed by atoms with Crippen LogP contribution in [0.15, 0.2) is 18.6 Å². The molecular weight excluding hydrogens is 282 g/mol. The van der Waals surface area contributed by atoms with E-state index in [1.807, 2.05) is 20.8 Å². The van der Waals surface area contributed by atoms with Gasteiger partial charge in [-0.15, -0.1) is 0 Å². The summed E-state index contributed by atoms with van der Waals surface area (Å²) >= 11 is 0.